The van der Waals surface area contributed by atoms with Crippen LogP contribution in [-0.4, -0.2) is 12.6 Å². The normalized spacial score (nSPS) is 12.6. The lowest BCUT2D eigenvalue weighted by atomic mass is 10.1. The fourth-order valence-corrected chi connectivity index (χ4v) is 2.58. The molecule has 1 unspecified atom stereocenters. The molecule has 0 bridgehead atoms. The first-order valence-corrected chi connectivity index (χ1v) is 7.48. The van der Waals surface area contributed by atoms with Crippen LogP contribution in [0.15, 0.2) is 39.2 Å². The summed E-state index contributed by atoms with van der Waals surface area (Å²) < 4.78 is 7.04. The highest BCUT2D eigenvalue weighted by Crippen LogP contribution is 2.28. The van der Waals surface area contributed by atoms with Crippen LogP contribution in [0.5, 0.6) is 0 Å². The van der Waals surface area contributed by atoms with Gasteiger partial charge in [-0.15, -0.1) is 0 Å². The van der Waals surface area contributed by atoms with E-state index in [1.807, 2.05) is 0 Å². The number of furan rings is 1. The summed E-state index contributed by atoms with van der Waals surface area (Å²) >= 11 is 3.51. The van der Waals surface area contributed by atoms with E-state index in [4.69, 9.17) is 4.42 Å². The van der Waals surface area contributed by atoms with Gasteiger partial charge in [-0.1, -0.05) is 28.9 Å². The van der Waals surface area contributed by atoms with Crippen LogP contribution in [-0.2, 0) is 6.42 Å². The number of aryl methyl sites for hydroxylation is 1. The molecule has 0 aliphatic heterocycles. The summed E-state index contributed by atoms with van der Waals surface area (Å²) in [6.07, 6.45) is 0.918. The molecule has 0 fully saturated rings. The van der Waals surface area contributed by atoms with Crippen molar-refractivity contribution in [1.29, 1.82) is 0 Å². The lowest BCUT2D eigenvalue weighted by Gasteiger charge is -2.09. The fraction of sp³-hybridized carbons (Fsp3) is 0.375. The Morgan fingerprint density at radius 2 is 2.05 bits per heavy atom. The van der Waals surface area contributed by atoms with Gasteiger partial charge in [-0.25, -0.2) is 0 Å². The van der Waals surface area contributed by atoms with Crippen LogP contribution >= 0.6 is 15.9 Å². The number of hydrogen-bond acceptors (Lipinski definition) is 2. The molecule has 0 saturated carbocycles. The van der Waals surface area contributed by atoms with Crippen molar-refractivity contribution >= 4 is 15.9 Å². The van der Waals surface area contributed by atoms with Crippen LogP contribution in [0.2, 0.25) is 0 Å². The first-order valence-electron chi connectivity index (χ1n) is 6.68. The van der Waals surface area contributed by atoms with Crippen LogP contribution in [0.4, 0.5) is 0 Å². The van der Waals surface area contributed by atoms with Crippen molar-refractivity contribution in [3.8, 4) is 11.3 Å². The van der Waals surface area contributed by atoms with Gasteiger partial charge in [-0.05, 0) is 50.2 Å². The summed E-state index contributed by atoms with van der Waals surface area (Å²) in [5, 5.41) is 3.40. The van der Waals surface area contributed by atoms with Crippen LogP contribution in [0.25, 0.3) is 11.3 Å². The topological polar surface area (TPSA) is 25.2 Å². The Morgan fingerprint density at radius 1 is 1.26 bits per heavy atom. The molecule has 102 valence electrons. The second-order valence-electron chi connectivity index (χ2n) is 4.89. The van der Waals surface area contributed by atoms with Crippen LogP contribution in [0, 0.1) is 6.92 Å². The summed E-state index contributed by atoms with van der Waals surface area (Å²) in [6, 6.07) is 10.8. The highest BCUT2D eigenvalue weighted by Gasteiger charge is 2.10. The first-order chi connectivity index (χ1) is 9.10. The zero-order valence-corrected chi connectivity index (χ0v) is 13.3. The average Bonchev–Trinajstić information content (AvgIpc) is 2.81. The highest BCUT2D eigenvalue weighted by atomic mass is 79.9. The summed E-state index contributed by atoms with van der Waals surface area (Å²) in [7, 11) is 0. The lowest BCUT2D eigenvalue weighted by Crippen LogP contribution is -2.27. The number of hydrogen-bond donors (Lipinski definition) is 1. The Hall–Kier alpha value is -1.06. The van der Waals surface area contributed by atoms with Gasteiger partial charge in [-0.3, -0.25) is 0 Å². The standard InChI is InChI=1S/C16H20BrNO/c1-4-18-12(3)9-14-7-8-16(19-14)15-10-13(17)6-5-11(15)2/h5-8,10,12,18H,4,9H2,1-3H3. The maximum absolute atomic E-state index is 5.96. The molecule has 0 radical (unpaired) electrons. The molecular formula is C16H20BrNO. The molecule has 2 nitrogen and oxygen atoms in total. The third kappa shape index (κ3) is 3.71. The Kier molecular flexibility index (Phi) is 4.83. The van der Waals surface area contributed by atoms with E-state index in [0.29, 0.717) is 6.04 Å². The van der Waals surface area contributed by atoms with Crippen molar-refractivity contribution in [2.75, 3.05) is 6.54 Å². The van der Waals surface area contributed by atoms with Crippen molar-refractivity contribution in [2.24, 2.45) is 0 Å². The fourth-order valence-electron chi connectivity index (χ4n) is 2.21. The minimum absolute atomic E-state index is 0.438. The van der Waals surface area contributed by atoms with E-state index in [9.17, 15) is 0 Å². The van der Waals surface area contributed by atoms with Gasteiger partial charge in [0.15, 0.2) is 0 Å². The Labute approximate surface area is 123 Å². The van der Waals surface area contributed by atoms with Crippen molar-refractivity contribution in [3.63, 3.8) is 0 Å². The number of likely N-dealkylation sites (N-methyl/N-ethyl adjacent to an activating group) is 1. The smallest absolute Gasteiger partial charge is 0.134 e. The molecule has 0 aliphatic rings. The number of rotatable bonds is 5. The van der Waals surface area contributed by atoms with E-state index in [-0.39, 0.29) is 0 Å². The van der Waals surface area contributed by atoms with Crippen molar-refractivity contribution < 1.29 is 4.42 Å². The molecule has 0 saturated heterocycles. The summed E-state index contributed by atoms with van der Waals surface area (Å²) in [6.45, 7) is 7.38. The summed E-state index contributed by atoms with van der Waals surface area (Å²) in [5.74, 6) is 1.97. The van der Waals surface area contributed by atoms with Gasteiger partial charge in [-0.2, -0.15) is 0 Å². The zero-order chi connectivity index (χ0) is 13.8. The van der Waals surface area contributed by atoms with E-state index >= 15 is 0 Å². The molecule has 1 atom stereocenters. The third-order valence-corrected chi connectivity index (χ3v) is 3.68. The minimum atomic E-state index is 0.438. The quantitative estimate of drug-likeness (QED) is 0.873. The van der Waals surface area contributed by atoms with E-state index < -0.39 is 0 Å². The highest BCUT2D eigenvalue weighted by molar-refractivity contribution is 9.10. The molecule has 3 heteroatoms. The SMILES string of the molecule is CCNC(C)Cc1ccc(-c2cc(Br)ccc2C)o1. The second kappa shape index (κ2) is 6.40. The predicted octanol–water partition coefficient (Wildman–Crippen LogP) is 4.56. The maximum Gasteiger partial charge on any atom is 0.134 e. The molecule has 0 aliphatic carbocycles. The zero-order valence-electron chi connectivity index (χ0n) is 11.7. The van der Waals surface area contributed by atoms with Crippen molar-refractivity contribution in [2.45, 2.75) is 33.2 Å². The van der Waals surface area contributed by atoms with Gasteiger partial charge in [0.05, 0.1) is 0 Å². The molecule has 1 N–H and O–H groups in total. The van der Waals surface area contributed by atoms with Gasteiger partial charge in [0.1, 0.15) is 11.5 Å². The van der Waals surface area contributed by atoms with Gasteiger partial charge in [0, 0.05) is 22.5 Å². The third-order valence-electron chi connectivity index (χ3n) is 3.19. The maximum atomic E-state index is 5.96. The summed E-state index contributed by atoms with van der Waals surface area (Å²) in [4.78, 5) is 0. The van der Waals surface area contributed by atoms with Gasteiger partial charge in [0.2, 0.25) is 0 Å². The molecule has 2 rings (SSSR count). The van der Waals surface area contributed by atoms with E-state index in [1.165, 1.54) is 5.56 Å². The van der Waals surface area contributed by atoms with Crippen LogP contribution in [0.3, 0.4) is 0 Å². The molecule has 2 aromatic rings. The molecule has 0 spiro atoms. The Balaban J connectivity index is 2.18. The largest absolute Gasteiger partial charge is 0.461 e. The monoisotopic (exact) mass is 321 g/mol. The van der Waals surface area contributed by atoms with Crippen molar-refractivity contribution in [1.82, 2.24) is 5.32 Å². The molecule has 0 amide bonds. The van der Waals surface area contributed by atoms with Gasteiger partial charge < -0.3 is 9.73 Å². The Bertz CT molecular complexity index is 547. The number of nitrogens with one attached hydrogen (secondary N) is 1. The molecule has 1 aromatic carbocycles. The molecule has 1 heterocycles. The van der Waals surface area contributed by atoms with Crippen LogP contribution in [0.1, 0.15) is 25.2 Å². The summed E-state index contributed by atoms with van der Waals surface area (Å²) in [5.41, 5.74) is 2.38. The van der Waals surface area contributed by atoms with E-state index in [2.05, 4.69) is 72.3 Å². The minimum Gasteiger partial charge on any atom is -0.461 e. The Morgan fingerprint density at radius 3 is 2.79 bits per heavy atom. The number of benzene rings is 1. The predicted molar refractivity (Wildman–Crippen MR) is 83.4 cm³/mol. The van der Waals surface area contributed by atoms with E-state index in [0.717, 1.165) is 34.5 Å². The molecule has 19 heavy (non-hydrogen) atoms. The van der Waals surface area contributed by atoms with Crippen molar-refractivity contribution in [3.05, 3.63) is 46.1 Å². The molecular weight excluding hydrogens is 302 g/mol. The van der Waals surface area contributed by atoms with Gasteiger partial charge in [0.25, 0.3) is 0 Å². The lowest BCUT2D eigenvalue weighted by molar-refractivity contribution is 0.470. The molecule has 1 aromatic heterocycles. The van der Waals surface area contributed by atoms with Gasteiger partial charge >= 0.3 is 0 Å². The first kappa shape index (κ1) is 14.4. The average molecular weight is 322 g/mol. The van der Waals surface area contributed by atoms with E-state index in [1.54, 1.807) is 0 Å². The second-order valence-corrected chi connectivity index (χ2v) is 5.80. The number of halogens is 1. The van der Waals surface area contributed by atoms with Crippen LogP contribution < -0.4 is 5.32 Å².